The Morgan fingerprint density at radius 2 is 1.53 bits per heavy atom. The summed E-state index contributed by atoms with van der Waals surface area (Å²) in [5, 5.41) is 0. The molecule has 15 heavy (non-hydrogen) atoms. The smallest absolute Gasteiger partial charge is 0.118 e. The SMILES string of the molecule is COc1ccc(C2C3C=CC=CC32)cc1. The van der Waals surface area contributed by atoms with Crippen molar-refractivity contribution in [3.63, 3.8) is 0 Å². The topological polar surface area (TPSA) is 9.23 Å². The van der Waals surface area contributed by atoms with Gasteiger partial charge in [0.05, 0.1) is 7.11 Å². The Balaban J connectivity index is 1.83. The summed E-state index contributed by atoms with van der Waals surface area (Å²) in [6.07, 6.45) is 8.95. The monoisotopic (exact) mass is 198 g/mol. The number of methoxy groups -OCH3 is 1. The second-order valence-corrected chi connectivity index (χ2v) is 4.22. The average Bonchev–Trinajstić information content (AvgIpc) is 3.03. The van der Waals surface area contributed by atoms with Crippen molar-refractivity contribution in [2.75, 3.05) is 7.11 Å². The van der Waals surface area contributed by atoms with Gasteiger partial charge in [-0.1, -0.05) is 36.4 Å². The van der Waals surface area contributed by atoms with E-state index >= 15 is 0 Å². The first kappa shape index (κ1) is 8.78. The molecule has 0 N–H and O–H groups in total. The molecule has 1 aromatic rings. The number of allylic oxidation sites excluding steroid dienone is 4. The number of fused-ring (bicyclic) bond motifs is 1. The summed E-state index contributed by atoms with van der Waals surface area (Å²) in [7, 11) is 1.71. The average molecular weight is 198 g/mol. The van der Waals surface area contributed by atoms with Crippen LogP contribution in [0.3, 0.4) is 0 Å². The van der Waals surface area contributed by atoms with Gasteiger partial charge in [-0.2, -0.15) is 0 Å². The Bertz CT molecular complexity index is 395. The highest BCUT2D eigenvalue weighted by atomic mass is 16.5. The Kier molecular flexibility index (Phi) is 1.91. The van der Waals surface area contributed by atoms with Crippen molar-refractivity contribution in [1.82, 2.24) is 0 Å². The standard InChI is InChI=1S/C14H14O/c1-15-11-8-6-10(7-9-11)14-12-4-2-3-5-13(12)14/h2-9,12-14H,1H3. The van der Waals surface area contributed by atoms with Crippen LogP contribution in [0.1, 0.15) is 11.5 Å². The highest BCUT2D eigenvalue weighted by Gasteiger charge is 2.47. The van der Waals surface area contributed by atoms with Gasteiger partial charge >= 0.3 is 0 Å². The second-order valence-electron chi connectivity index (χ2n) is 4.22. The zero-order chi connectivity index (χ0) is 10.3. The van der Waals surface area contributed by atoms with Gasteiger partial charge in [0.1, 0.15) is 5.75 Å². The van der Waals surface area contributed by atoms with E-state index in [1.807, 2.05) is 12.1 Å². The maximum Gasteiger partial charge on any atom is 0.118 e. The third-order valence-corrected chi connectivity index (χ3v) is 3.41. The van der Waals surface area contributed by atoms with Gasteiger partial charge < -0.3 is 4.74 Å². The molecule has 0 saturated heterocycles. The van der Waals surface area contributed by atoms with Crippen LogP contribution in [-0.4, -0.2) is 7.11 Å². The quantitative estimate of drug-likeness (QED) is 0.709. The van der Waals surface area contributed by atoms with Crippen LogP contribution in [0.5, 0.6) is 5.75 Å². The van der Waals surface area contributed by atoms with Crippen LogP contribution in [-0.2, 0) is 0 Å². The molecule has 2 aliphatic rings. The summed E-state index contributed by atoms with van der Waals surface area (Å²) in [4.78, 5) is 0. The van der Waals surface area contributed by atoms with Crippen LogP contribution in [0.25, 0.3) is 0 Å². The van der Waals surface area contributed by atoms with E-state index in [0.717, 1.165) is 17.6 Å². The van der Waals surface area contributed by atoms with Crippen LogP contribution in [0.2, 0.25) is 0 Å². The second kappa shape index (κ2) is 3.27. The van der Waals surface area contributed by atoms with Gasteiger partial charge in [0, 0.05) is 0 Å². The minimum atomic E-state index is 0.700. The van der Waals surface area contributed by atoms with Gasteiger partial charge in [-0.15, -0.1) is 0 Å². The molecular weight excluding hydrogens is 184 g/mol. The Morgan fingerprint density at radius 3 is 2.07 bits per heavy atom. The Morgan fingerprint density at radius 1 is 0.933 bits per heavy atom. The first-order valence-corrected chi connectivity index (χ1v) is 5.39. The molecule has 2 unspecified atom stereocenters. The van der Waals surface area contributed by atoms with E-state index < -0.39 is 0 Å². The highest BCUT2D eigenvalue weighted by Crippen LogP contribution is 2.56. The Hall–Kier alpha value is -1.50. The van der Waals surface area contributed by atoms with Crippen molar-refractivity contribution >= 4 is 0 Å². The summed E-state index contributed by atoms with van der Waals surface area (Å²) in [5.74, 6) is 3.12. The molecule has 1 fully saturated rings. The predicted molar refractivity (Wildman–Crippen MR) is 61.0 cm³/mol. The fourth-order valence-electron chi connectivity index (χ4n) is 2.51. The van der Waals surface area contributed by atoms with Gasteiger partial charge in [-0.05, 0) is 35.4 Å². The van der Waals surface area contributed by atoms with E-state index in [2.05, 4.69) is 36.4 Å². The maximum atomic E-state index is 5.16. The van der Waals surface area contributed by atoms with Crippen LogP contribution in [0.4, 0.5) is 0 Å². The van der Waals surface area contributed by atoms with Crippen LogP contribution >= 0.6 is 0 Å². The molecule has 1 saturated carbocycles. The number of hydrogen-bond donors (Lipinski definition) is 0. The molecule has 0 aromatic heterocycles. The van der Waals surface area contributed by atoms with Gasteiger partial charge in [-0.25, -0.2) is 0 Å². The van der Waals surface area contributed by atoms with E-state index in [-0.39, 0.29) is 0 Å². The predicted octanol–water partition coefficient (Wildman–Crippen LogP) is 3.15. The molecule has 1 aromatic carbocycles. The molecule has 76 valence electrons. The van der Waals surface area contributed by atoms with Gasteiger partial charge in [0.25, 0.3) is 0 Å². The van der Waals surface area contributed by atoms with E-state index in [0.29, 0.717) is 5.92 Å². The molecule has 0 bridgehead atoms. The van der Waals surface area contributed by atoms with Crippen molar-refractivity contribution < 1.29 is 4.74 Å². The van der Waals surface area contributed by atoms with Gasteiger partial charge in [0.15, 0.2) is 0 Å². The lowest BCUT2D eigenvalue weighted by molar-refractivity contribution is 0.414. The molecule has 1 heteroatoms. The first-order chi connectivity index (χ1) is 7.40. The van der Waals surface area contributed by atoms with Gasteiger partial charge in [-0.3, -0.25) is 0 Å². The zero-order valence-corrected chi connectivity index (χ0v) is 8.76. The summed E-state index contributed by atoms with van der Waals surface area (Å²) in [6.45, 7) is 0. The third-order valence-electron chi connectivity index (χ3n) is 3.41. The molecule has 0 heterocycles. The number of rotatable bonds is 2. The fourth-order valence-corrected chi connectivity index (χ4v) is 2.51. The Labute approximate surface area is 90.1 Å². The molecule has 3 rings (SSSR count). The largest absolute Gasteiger partial charge is 0.497 e. The van der Waals surface area contributed by atoms with Crippen LogP contribution < -0.4 is 4.74 Å². The van der Waals surface area contributed by atoms with Crippen molar-refractivity contribution in [2.24, 2.45) is 11.8 Å². The van der Waals surface area contributed by atoms with Crippen molar-refractivity contribution in [3.05, 3.63) is 54.1 Å². The van der Waals surface area contributed by atoms with E-state index in [9.17, 15) is 0 Å². The molecule has 0 spiro atoms. The van der Waals surface area contributed by atoms with Crippen molar-refractivity contribution in [1.29, 1.82) is 0 Å². The number of benzene rings is 1. The third kappa shape index (κ3) is 1.39. The number of ether oxygens (including phenoxy) is 1. The van der Waals surface area contributed by atoms with Crippen LogP contribution in [0.15, 0.2) is 48.6 Å². The number of hydrogen-bond acceptors (Lipinski definition) is 1. The lowest BCUT2D eigenvalue weighted by Gasteiger charge is -2.01. The zero-order valence-electron chi connectivity index (χ0n) is 8.76. The summed E-state index contributed by atoms with van der Waals surface area (Å²) < 4.78 is 5.16. The summed E-state index contributed by atoms with van der Waals surface area (Å²) >= 11 is 0. The maximum absolute atomic E-state index is 5.16. The summed E-state index contributed by atoms with van der Waals surface area (Å²) in [6, 6.07) is 8.47. The minimum absolute atomic E-state index is 0.700. The molecule has 0 amide bonds. The molecular formula is C14H14O. The van der Waals surface area contributed by atoms with Crippen molar-refractivity contribution in [2.45, 2.75) is 5.92 Å². The minimum Gasteiger partial charge on any atom is -0.497 e. The van der Waals surface area contributed by atoms with E-state index in [4.69, 9.17) is 4.74 Å². The molecule has 0 radical (unpaired) electrons. The van der Waals surface area contributed by atoms with Crippen molar-refractivity contribution in [3.8, 4) is 5.75 Å². The lowest BCUT2D eigenvalue weighted by Crippen LogP contribution is -1.85. The van der Waals surface area contributed by atoms with E-state index in [1.54, 1.807) is 7.11 Å². The van der Waals surface area contributed by atoms with Crippen LogP contribution in [0, 0.1) is 11.8 Å². The fraction of sp³-hybridized carbons (Fsp3) is 0.286. The molecule has 2 aliphatic carbocycles. The van der Waals surface area contributed by atoms with E-state index in [1.165, 1.54) is 5.56 Å². The highest BCUT2D eigenvalue weighted by molar-refractivity contribution is 5.40. The first-order valence-electron chi connectivity index (χ1n) is 5.39. The normalized spacial score (nSPS) is 31.1. The lowest BCUT2D eigenvalue weighted by atomic mass is 10.1. The molecule has 0 aliphatic heterocycles. The van der Waals surface area contributed by atoms with Gasteiger partial charge in [0.2, 0.25) is 0 Å². The molecule has 1 nitrogen and oxygen atoms in total. The molecule has 2 atom stereocenters. The summed E-state index contributed by atoms with van der Waals surface area (Å²) in [5.41, 5.74) is 1.43.